The molecule has 1 heterocycles. The van der Waals surface area contributed by atoms with Gasteiger partial charge < -0.3 is 14.1 Å². The zero-order valence-electron chi connectivity index (χ0n) is 19.7. The van der Waals surface area contributed by atoms with Crippen LogP contribution in [-0.4, -0.2) is 16.9 Å². The Balaban J connectivity index is 1.65. The van der Waals surface area contributed by atoms with Crippen LogP contribution >= 0.6 is 0 Å². The molecule has 0 aliphatic carbocycles. The van der Waals surface area contributed by atoms with Crippen molar-refractivity contribution in [2.24, 2.45) is 5.16 Å². The molecule has 0 saturated heterocycles. The average molecular weight is 450 g/mol. The van der Waals surface area contributed by atoms with Crippen molar-refractivity contribution in [3.63, 3.8) is 0 Å². The first-order valence-electron chi connectivity index (χ1n) is 11.3. The minimum Gasteiger partial charge on any atom is -0.494 e. The molecule has 0 aliphatic heterocycles. The maximum Gasteiger partial charge on any atom is 0.142 e. The Morgan fingerprint density at radius 3 is 2.32 bits per heavy atom. The summed E-state index contributed by atoms with van der Waals surface area (Å²) in [5.74, 6) is 0.853. The Bertz CT molecular complexity index is 1310. The average Bonchev–Trinajstić information content (AvgIpc) is 3.22. The Morgan fingerprint density at radius 2 is 1.68 bits per heavy atom. The maximum absolute atomic E-state index is 8.94. The number of aromatic nitrogens is 1. The summed E-state index contributed by atoms with van der Waals surface area (Å²) >= 11 is 0. The fraction of sp³-hybridized carbons (Fsp3) is 0.172. The fourth-order valence-corrected chi connectivity index (χ4v) is 3.91. The van der Waals surface area contributed by atoms with Gasteiger partial charge in [0.05, 0.1) is 29.6 Å². The van der Waals surface area contributed by atoms with Crippen molar-refractivity contribution >= 4 is 5.71 Å². The van der Waals surface area contributed by atoms with Crippen LogP contribution < -0.4 is 4.74 Å². The molecule has 0 amide bonds. The van der Waals surface area contributed by atoms with Crippen LogP contribution in [0.1, 0.15) is 36.2 Å². The molecule has 0 saturated carbocycles. The number of nitriles is 1. The second-order valence-electron chi connectivity index (χ2n) is 7.92. The Labute approximate surface area is 200 Å². The first-order chi connectivity index (χ1) is 16.6. The van der Waals surface area contributed by atoms with Crippen molar-refractivity contribution in [2.45, 2.75) is 27.4 Å². The molecule has 3 aromatic carbocycles. The number of oxime groups is 1. The number of ether oxygens (including phenoxy) is 1. The number of benzene rings is 3. The van der Waals surface area contributed by atoms with Gasteiger partial charge in [0.25, 0.3) is 0 Å². The molecule has 170 valence electrons. The lowest BCUT2D eigenvalue weighted by atomic mass is 10.1. The standard InChI is InChI=1S/C29H27N3O2/c1-4-33-27-16-14-26(15-17-27)32-22(3)28(18-29(32)25-8-6-5-7-9-25)21(2)31-34-20-24-12-10-23(19-30)11-13-24/h5-18H,4,20H2,1-3H3/b31-21+. The number of hydrogen-bond acceptors (Lipinski definition) is 4. The van der Waals surface area contributed by atoms with Crippen LogP contribution in [0.3, 0.4) is 0 Å². The van der Waals surface area contributed by atoms with Crippen molar-refractivity contribution in [3.8, 4) is 28.8 Å². The molecule has 0 bridgehead atoms. The van der Waals surface area contributed by atoms with Crippen LogP contribution in [0.4, 0.5) is 0 Å². The highest BCUT2D eigenvalue weighted by molar-refractivity contribution is 6.01. The Morgan fingerprint density at radius 1 is 0.971 bits per heavy atom. The van der Waals surface area contributed by atoms with E-state index >= 15 is 0 Å². The summed E-state index contributed by atoms with van der Waals surface area (Å²) in [7, 11) is 0. The molecule has 0 spiro atoms. The Kier molecular flexibility index (Phi) is 7.10. The first kappa shape index (κ1) is 22.9. The summed E-state index contributed by atoms with van der Waals surface area (Å²) in [6, 6.07) is 30.1. The van der Waals surface area contributed by atoms with E-state index in [9.17, 15) is 0 Å². The molecular weight excluding hydrogens is 422 g/mol. The van der Waals surface area contributed by atoms with Crippen LogP contribution in [0.25, 0.3) is 16.9 Å². The van der Waals surface area contributed by atoms with Gasteiger partial charge in [-0.1, -0.05) is 47.6 Å². The van der Waals surface area contributed by atoms with Gasteiger partial charge in [-0.25, -0.2) is 0 Å². The normalized spacial score (nSPS) is 11.2. The molecule has 4 rings (SSSR count). The summed E-state index contributed by atoms with van der Waals surface area (Å²) < 4.78 is 7.85. The van der Waals surface area contributed by atoms with Crippen LogP contribution in [0.15, 0.2) is 90.1 Å². The summed E-state index contributed by atoms with van der Waals surface area (Å²) in [5, 5.41) is 13.3. The largest absolute Gasteiger partial charge is 0.494 e. The van der Waals surface area contributed by atoms with Crippen molar-refractivity contribution < 1.29 is 9.57 Å². The maximum atomic E-state index is 8.94. The molecule has 5 nitrogen and oxygen atoms in total. The lowest BCUT2D eigenvalue weighted by Gasteiger charge is -2.13. The van der Waals surface area contributed by atoms with Crippen molar-refractivity contribution in [1.29, 1.82) is 5.26 Å². The molecular formula is C29H27N3O2. The third-order valence-corrected chi connectivity index (χ3v) is 5.63. The number of nitrogens with zero attached hydrogens (tertiary/aromatic N) is 3. The highest BCUT2D eigenvalue weighted by Crippen LogP contribution is 2.30. The SMILES string of the molecule is CCOc1ccc(-n2c(-c3ccccc3)cc(/C(C)=N/OCc3ccc(C#N)cc3)c2C)cc1. The van der Waals surface area contributed by atoms with Gasteiger partial charge in [-0.2, -0.15) is 5.26 Å². The lowest BCUT2D eigenvalue weighted by Crippen LogP contribution is -2.03. The van der Waals surface area contributed by atoms with Gasteiger partial charge in [0.15, 0.2) is 0 Å². The zero-order valence-corrected chi connectivity index (χ0v) is 19.7. The van der Waals surface area contributed by atoms with E-state index in [-0.39, 0.29) is 0 Å². The van der Waals surface area contributed by atoms with Gasteiger partial charge >= 0.3 is 0 Å². The summed E-state index contributed by atoms with van der Waals surface area (Å²) in [5.41, 5.74) is 7.74. The van der Waals surface area contributed by atoms with Gasteiger partial charge in [-0.3, -0.25) is 0 Å². The van der Waals surface area contributed by atoms with E-state index in [0.717, 1.165) is 45.2 Å². The van der Waals surface area contributed by atoms with Gasteiger partial charge in [0.2, 0.25) is 0 Å². The van der Waals surface area contributed by atoms with Gasteiger partial charge in [-0.15, -0.1) is 0 Å². The first-order valence-corrected chi connectivity index (χ1v) is 11.3. The molecule has 0 aliphatic rings. The molecule has 0 fully saturated rings. The predicted molar refractivity (Wildman–Crippen MR) is 135 cm³/mol. The molecule has 0 radical (unpaired) electrons. The molecule has 0 N–H and O–H groups in total. The fourth-order valence-electron chi connectivity index (χ4n) is 3.91. The molecule has 34 heavy (non-hydrogen) atoms. The van der Waals surface area contributed by atoms with E-state index in [4.69, 9.17) is 14.8 Å². The Hall–Kier alpha value is -4.30. The lowest BCUT2D eigenvalue weighted by molar-refractivity contribution is 0.130. The third kappa shape index (κ3) is 5.02. The molecule has 4 aromatic rings. The van der Waals surface area contributed by atoms with E-state index in [1.165, 1.54) is 0 Å². The van der Waals surface area contributed by atoms with Gasteiger partial charge in [0, 0.05) is 16.9 Å². The summed E-state index contributed by atoms with van der Waals surface area (Å²) in [6.45, 7) is 7.01. The molecule has 1 aromatic heterocycles. The van der Waals surface area contributed by atoms with Crippen molar-refractivity contribution in [3.05, 3.63) is 107 Å². The van der Waals surface area contributed by atoms with E-state index in [2.05, 4.69) is 53.0 Å². The van der Waals surface area contributed by atoms with Crippen LogP contribution in [0.5, 0.6) is 5.75 Å². The van der Waals surface area contributed by atoms with E-state index in [0.29, 0.717) is 18.8 Å². The summed E-state index contributed by atoms with van der Waals surface area (Å²) in [6.07, 6.45) is 0. The second kappa shape index (κ2) is 10.5. The predicted octanol–water partition coefficient (Wildman–Crippen LogP) is 6.66. The van der Waals surface area contributed by atoms with Gasteiger partial charge in [-0.05, 0) is 74.4 Å². The zero-order chi connectivity index (χ0) is 23.9. The third-order valence-electron chi connectivity index (χ3n) is 5.63. The molecule has 5 heteroatoms. The topological polar surface area (TPSA) is 59.5 Å². The number of hydrogen-bond donors (Lipinski definition) is 0. The van der Waals surface area contributed by atoms with Crippen LogP contribution in [-0.2, 0) is 11.4 Å². The van der Waals surface area contributed by atoms with E-state index in [1.807, 2.05) is 56.3 Å². The van der Waals surface area contributed by atoms with Gasteiger partial charge in [0.1, 0.15) is 12.4 Å². The smallest absolute Gasteiger partial charge is 0.142 e. The monoisotopic (exact) mass is 449 g/mol. The van der Waals surface area contributed by atoms with Crippen LogP contribution in [0.2, 0.25) is 0 Å². The quantitative estimate of drug-likeness (QED) is 0.223. The van der Waals surface area contributed by atoms with E-state index in [1.54, 1.807) is 12.1 Å². The van der Waals surface area contributed by atoms with Crippen molar-refractivity contribution in [1.82, 2.24) is 4.57 Å². The molecule has 0 unspecified atom stereocenters. The highest BCUT2D eigenvalue weighted by atomic mass is 16.6. The highest BCUT2D eigenvalue weighted by Gasteiger charge is 2.17. The minimum absolute atomic E-state index is 0.341. The summed E-state index contributed by atoms with van der Waals surface area (Å²) in [4.78, 5) is 5.65. The van der Waals surface area contributed by atoms with Crippen LogP contribution in [0, 0.1) is 18.3 Å². The van der Waals surface area contributed by atoms with E-state index < -0.39 is 0 Å². The minimum atomic E-state index is 0.341. The molecule has 0 atom stereocenters. The van der Waals surface area contributed by atoms with Crippen molar-refractivity contribution in [2.75, 3.05) is 6.61 Å². The number of rotatable bonds is 8. The second-order valence-corrected chi connectivity index (χ2v) is 7.92.